The lowest BCUT2D eigenvalue weighted by atomic mass is 10.1. The Morgan fingerprint density at radius 3 is 2.70 bits per heavy atom. The van der Waals surface area contributed by atoms with E-state index in [1.807, 2.05) is 25.1 Å². The van der Waals surface area contributed by atoms with E-state index in [2.05, 4.69) is 13.5 Å². The SMILES string of the molecule is C=Cc1cc(OCC(CCCC)OCC)ccc1OC. The van der Waals surface area contributed by atoms with Crippen molar-refractivity contribution in [3.8, 4) is 11.5 Å². The van der Waals surface area contributed by atoms with E-state index in [0.717, 1.165) is 36.5 Å². The summed E-state index contributed by atoms with van der Waals surface area (Å²) in [5.41, 5.74) is 0.937. The monoisotopic (exact) mass is 278 g/mol. The third-order valence-corrected chi connectivity index (χ3v) is 3.14. The topological polar surface area (TPSA) is 27.7 Å². The van der Waals surface area contributed by atoms with Crippen LogP contribution in [0.5, 0.6) is 11.5 Å². The Hall–Kier alpha value is -1.48. The van der Waals surface area contributed by atoms with Crippen molar-refractivity contribution < 1.29 is 14.2 Å². The van der Waals surface area contributed by atoms with Crippen LogP contribution < -0.4 is 9.47 Å². The molecule has 0 amide bonds. The number of rotatable bonds is 10. The van der Waals surface area contributed by atoms with E-state index < -0.39 is 0 Å². The molecule has 3 heteroatoms. The first-order valence-electron chi connectivity index (χ1n) is 7.30. The molecule has 0 aliphatic heterocycles. The first kappa shape index (κ1) is 16.6. The van der Waals surface area contributed by atoms with Gasteiger partial charge in [0.2, 0.25) is 0 Å². The number of hydrogen-bond acceptors (Lipinski definition) is 3. The molecule has 0 heterocycles. The summed E-state index contributed by atoms with van der Waals surface area (Å²) in [6.07, 6.45) is 5.30. The van der Waals surface area contributed by atoms with Crippen LogP contribution in [0.25, 0.3) is 6.08 Å². The zero-order valence-electron chi connectivity index (χ0n) is 12.9. The van der Waals surface area contributed by atoms with Gasteiger partial charge in [0.05, 0.1) is 13.2 Å². The summed E-state index contributed by atoms with van der Waals surface area (Å²) in [4.78, 5) is 0. The molecule has 0 saturated heterocycles. The van der Waals surface area contributed by atoms with E-state index in [0.29, 0.717) is 6.61 Å². The third kappa shape index (κ3) is 5.25. The van der Waals surface area contributed by atoms with E-state index in [-0.39, 0.29) is 6.10 Å². The van der Waals surface area contributed by atoms with Gasteiger partial charge in [-0.1, -0.05) is 32.4 Å². The summed E-state index contributed by atoms with van der Waals surface area (Å²) in [5, 5.41) is 0. The molecule has 0 spiro atoms. The fourth-order valence-electron chi connectivity index (χ4n) is 2.03. The van der Waals surface area contributed by atoms with Crippen LogP contribution in [0.15, 0.2) is 24.8 Å². The zero-order chi connectivity index (χ0) is 14.8. The van der Waals surface area contributed by atoms with E-state index in [4.69, 9.17) is 14.2 Å². The van der Waals surface area contributed by atoms with Crippen molar-refractivity contribution in [3.63, 3.8) is 0 Å². The maximum atomic E-state index is 5.83. The molecule has 0 radical (unpaired) electrons. The summed E-state index contributed by atoms with van der Waals surface area (Å²) in [6.45, 7) is 9.29. The molecule has 1 rings (SSSR count). The largest absolute Gasteiger partial charge is 0.496 e. The minimum absolute atomic E-state index is 0.161. The van der Waals surface area contributed by atoms with E-state index in [9.17, 15) is 0 Å². The van der Waals surface area contributed by atoms with Crippen LogP contribution in [0.3, 0.4) is 0 Å². The Kier molecular flexibility index (Phi) is 7.81. The lowest BCUT2D eigenvalue weighted by Gasteiger charge is -2.18. The van der Waals surface area contributed by atoms with Crippen molar-refractivity contribution >= 4 is 6.08 Å². The normalized spacial score (nSPS) is 11.9. The summed E-state index contributed by atoms with van der Waals surface area (Å²) in [6, 6.07) is 5.75. The van der Waals surface area contributed by atoms with Crippen LogP contribution in [-0.4, -0.2) is 26.4 Å². The molecule has 0 fully saturated rings. The van der Waals surface area contributed by atoms with Crippen molar-refractivity contribution in [2.75, 3.05) is 20.3 Å². The highest BCUT2D eigenvalue weighted by atomic mass is 16.5. The first-order valence-corrected chi connectivity index (χ1v) is 7.30. The number of hydrogen-bond donors (Lipinski definition) is 0. The van der Waals surface area contributed by atoms with Gasteiger partial charge in [0, 0.05) is 12.2 Å². The highest BCUT2D eigenvalue weighted by Gasteiger charge is 2.10. The molecule has 0 bridgehead atoms. The quantitative estimate of drug-likeness (QED) is 0.638. The van der Waals surface area contributed by atoms with Gasteiger partial charge < -0.3 is 14.2 Å². The molecule has 1 atom stereocenters. The number of benzene rings is 1. The fraction of sp³-hybridized carbons (Fsp3) is 0.529. The van der Waals surface area contributed by atoms with Crippen molar-refractivity contribution in [1.82, 2.24) is 0 Å². The van der Waals surface area contributed by atoms with Crippen molar-refractivity contribution in [2.24, 2.45) is 0 Å². The number of unbranched alkanes of at least 4 members (excludes halogenated alkanes) is 1. The second-order valence-corrected chi connectivity index (χ2v) is 4.64. The first-order chi connectivity index (χ1) is 9.74. The van der Waals surface area contributed by atoms with E-state index in [1.54, 1.807) is 13.2 Å². The summed E-state index contributed by atoms with van der Waals surface area (Å²) < 4.78 is 16.8. The van der Waals surface area contributed by atoms with Crippen molar-refractivity contribution in [2.45, 2.75) is 39.2 Å². The molecule has 0 aliphatic carbocycles. The van der Waals surface area contributed by atoms with Gasteiger partial charge in [-0.3, -0.25) is 0 Å². The highest BCUT2D eigenvalue weighted by Crippen LogP contribution is 2.25. The molecule has 0 aromatic heterocycles. The van der Waals surface area contributed by atoms with E-state index in [1.165, 1.54) is 6.42 Å². The average molecular weight is 278 g/mol. The molecule has 0 saturated carbocycles. The maximum absolute atomic E-state index is 5.83. The maximum Gasteiger partial charge on any atom is 0.126 e. The minimum Gasteiger partial charge on any atom is -0.496 e. The fourth-order valence-corrected chi connectivity index (χ4v) is 2.03. The van der Waals surface area contributed by atoms with Crippen LogP contribution >= 0.6 is 0 Å². The molecule has 1 aromatic carbocycles. The molecular weight excluding hydrogens is 252 g/mol. The third-order valence-electron chi connectivity index (χ3n) is 3.14. The summed E-state index contributed by atoms with van der Waals surface area (Å²) >= 11 is 0. The lowest BCUT2D eigenvalue weighted by molar-refractivity contribution is 0.0212. The lowest BCUT2D eigenvalue weighted by Crippen LogP contribution is -2.21. The molecule has 0 N–H and O–H groups in total. The summed E-state index contributed by atoms with van der Waals surface area (Å²) in [7, 11) is 1.65. The zero-order valence-corrected chi connectivity index (χ0v) is 12.9. The minimum atomic E-state index is 0.161. The van der Waals surface area contributed by atoms with Crippen LogP contribution in [0, 0.1) is 0 Å². The smallest absolute Gasteiger partial charge is 0.126 e. The second kappa shape index (κ2) is 9.43. The standard InChI is InChI=1S/C17H26O3/c1-5-8-9-16(19-7-3)13-20-15-10-11-17(18-4)14(6-2)12-15/h6,10-12,16H,2,5,7-9,13H2,1,3-4H3. The van der Waals surface area contributed by atoms with Crippen molar-refractivity contribution in [1.29, 1.82) is 0 Å². The molecule has 3 nitrogen and oxygen atoms in total. The molecule has 20 heavy (non-hydrogen) atoms. The summed E-state index contributed by atoms with van der Waals surface area (Å²) in [5.74, 6) is 1.63. The van der Waals surface area contributed by atoms with Gasteiger partial charge in [-0.05, 0) is 31.5 Å². The number of ether oxygens (including phenoxy) is 3. The van der Waals surface area contributed by atoms with Crippen LogP contribution in [0.4, 0.5) is 0 Å². The Bertz CT molecular complexity index is 401. The van der Waals surface area contributed by atoms with Crippen LogP contribution in [-0.2, 0) is 4.74 Å². The molecule has 1 aromatic rings. The Labute approximate surface area is 122 Å². The van der Waals surface area contributed by atoms with Gasteiger partial charge in [0.25, 0.3) is 0 Å². The van der Waals surface area contributed by atoms with E-state index >= 15 is 0 Å². The van der Waals surface area contributed by atoms with Crippen LogP contribution in [0.2, 0.25) is 0 Å². The van der Waals surface area contributed by atoms with Gasteiger partial charge in [-0.2, -0.15) is 0 Å². The molecule has 1 unspecified atom stereocenters. The Balaban J connectivity index is 2.60. The van der Waals surface area contributed by atoms with Gasteiger partial charge in [-0.25, -0.2) is 0 Å². The molecule has 112 valence electrons. The predicted octanol–water partition coefficient (Wildman–Crippen LogP) is 4.31. The molecule has 0 aliphatic rings. The van der Waals surface area contributed by atoms with Gasteiger partial charge >= 0.3 is 0 Å². The van der Waals surface area contributed by atoms with Gasteiger partial charge in [0.15, 0.2) is 0 Å². The highest BCUT2D eigenvalue weighted by molar-refractivity contribution is 5.58. The Morgan fingerprint density at radius 1 is 1.30 bits per heavy atom. The Morgan fingerprint density at radius 2 is 2.10 bits per heavy atom. The molecular formula is C17H26O3. The van der Waals surface area contributed by atoms with Gasteiger partial charge in [-0.15, -0.1) is 0 Å². The van der Waals surface area contributed by atoms with Gasteiger partial charge in [0.1, 0.15) is 18.1 Å². The van der Waals surface area contributed by atoms with Crippen LogP contribution in [0.1, 0.15) is 38.7 Å². The number of methoxy groups -OCH3 is 1. The van der Waals surface area contributed by atoms with Crippen molar-refractivity contribution in [3.05, 3.63) is 30.3 Å². The average Bonchev–Trinajstić information content (AvgIpc) is 2.49. The second-order valence-electron chi connectivity index (χ2n) is 4.64. The predicted molar refractivity (Wildman–Crippen MR) is 83.5 cm³/mol.